The van der Waals surface area contributed by atoms with E-state index in [4.69, 9.17) is 35.3 Å². The van der Waals surface area contributed by atoms with Gasteiger partial charge in [-0.2, -0.15) is 5.26 Å². The van der Waals surface area contributed by atoms with Gasteiger partial charge in [0.25, 0.3) is 0 Å². The third kappa shape index (κ3) is 8.28. The Morgan fingerprint density at radius 3 is 2.67 bits per heavy atom. The van der Waals surface area contributed by atoms with E-state index in [0.717, 1.165) is 4.88 Å². The van der Waals surface area contributed by atoms with Crippen LogP contribution >= 0.6 is 22.9 Å². The van der Waals surface area contributed by atoms with Crippen molar-refractivity contribution in [2.45, 2.75) is 39.1 Å². The summed E-state index contributed by atoms with van der Waals surface area (Å²) in [6, 6.07) is 25.7. The van der Waals surface area contributed by atoms with Gasteiger partial charge in [-0.05, 0) is 85.1 Å². The van der Waals surface area contributed by atoms with Gasteiger partial charge in [-0.25, -0.2) is 29.1 Å². The fourth-order valence-electron chi connectivity index (χ4n) is 6.79. The number of carbonyl (C=O) groups excluding carboxylic acids is 1. The fourth-order valence-corrected chi connectivity index (χ4v) is 8.16. The van der Waals surface area contributed by atoms with Gasteiger partial charge in [-0.15, -0.1) is 11.3 Å². The van der Waals surface area contributed by atoms with Crippen LogP contribution in [0.4, 0.5) is 4.39 Å². The number of hydrogen-bond acceptors (Lipinski definition) is 13. The quantitative estimate of drug-likeness (QED) is 0.145. The lowest BCUT2D eigenvalue weighted by Crippen LogP contribution is -2.32. The molecule has 0 unspecified atom stereocenters. The van der Waals surface area contributed by atoms with Crippen molar-refractivity contribution in [1.29, 1.82) is 5.26 Å². The Balaban J connectivity index is 1.24. The Hall–Kier alpha value is -6.66. The summed E-state index contributed by atoms with van der Waals surface area (Å²) in [5, 5.41) is 20.8. The number of nitriles is 1. The number of esters is 1. The van der Waals surface area contributed by atoms with Gasteiger partial charge in [-0.3, -0.25) is 0 Å². The molecule has 1 N–H and O–H groups in total. The van der Waals surface area contributed by atoms with Crippen LogP contribution in [-0.4, -0.2) is 63.0 Å². The highest BCUT2D eigenvalue weighted by Gasteiger charge is 2.30. The van der Waals surface area contributed by atoms with Gasteiger partial charge >= 0.3 is 5.97 Å². The van der Waals surface area contributed by atoms with Gasteiger partial charge in [0.05, 0.1) is 40.9 Å². The number of aliphatic hydroxyl groups excluding tert-OH is 1. The molecule has 2 aliphatic heterocycles. The molecule has 0 amide bonds. The number of rotatable bonds is 8. The Kier molecular flexibility index (Phi) is 11.8. The zero-order valence-electron chi connectivity index (χ0n) is 32.2. The van der Waals surface area contributed by atoms with E-state index in [2.05, 4.69) is 26.0 Å². The molecule has 0 saturated heterocycles. The van der Waals surface area contributed by atoms with Crippen molar-refractivity contribution in [2.75, 3.05) is 19.8 Å². The molecule has 302 valence electrons. The summed E-state index contributed by atoms with van der Waals surface area (Å²) in [6.45, 7) is 3.20. The largest absolute Gasteiger partial charge is 0.490 e. The zero-order chi connectivity index (χ0) is 41.8. The first-order chi connectivity index (χ1) is 29.2. The Morgan fingerprint density at radius 1 is 1.03 bits per heavy atom. The molecule has 9 rings (SSSR count). The molecule has 3 aromatic heterocycles. The van der Waals surface area contributed by atoms with Crippen LogP contribution in [0.3, 0.4) is 0 Å². The Labute approximate surface area is 352 Å². The lowest BCUT2D eigenvalue weighted by molar-refractivity contribution is -0.151. The number of nitrogens with zero attached hydrogens (tertiary/aromatic N) is 5. The SMILES string of the molecule is CCOC(=O)[C@H]1Cc2cc(ccc2OCc2ccnc(-c3ccccc3C#N)n2)OC[C@@H](CO)Oc2ccc(c(C)c2Cl)-c2c(-c3ccc(F)cc3)sc3ncnc(c23)O1. The molecular formula is C45H35ClFN5O7S. The molecule has 2 atom stereocenters. The van der Waals surface area contributed by atoms with Crippen LogP contribution in [0.15, 0.2) is 97.5 Å². The summed E-state index contributed by atoms with van der Waals surface area (Å²) >= 11 is 8.36. The maximum Gasteiger partial charge on any atom is 0.347 e. The highest BCUT2D eigenvalue weighted by molar-refractivity contribution is 7.22. The van der Waals surface area contributed by atoms with Crippen LogP contribution in [-0.2, 0) is 22.6 Å². The molecule has 0 radical (unpaired) electrons. The third-order valence-corrected chi connectivity index (χ3v) is 11.3. The van der Waals surface area contributed by atoms with E-state index in [9.17, 15) is 19.6 Å². The summed E-state index contributed by atoms with van der Waals surface area (Å²) in [6.07, 6.45) is 0.849. The molecule has 15 heteroatoms. The molecule has 12 nitrogen and oxygen atoms in total. The van der Waals surface area contributed by atoms with Crippen LogP contribution in [0.1, 0.15) is 29.3 Å². The molecule has 0 aliphatic carbocycles. The van der Waals surface area contributed by atoms with Crippen molar-refractivity contribution in [3.63, 3.8) is 0 Å². The molecule has 0 spiro atoms. The number of halogens is 2. The molecule has 5 heterocycles. The number of fused-ring (bicyclic) bond motifs is 7. The minimum Gasteiger partial charge on any atom is -0.490 e. The second-order valence-electron chi connectivity index (χ2n) is 13.6. The fraction of sp³-hybridized carbons (Fsp3) is 0.200. The first-order valence-electron chi connectivity index (χ1n) is 18.9. The average Bonchev–Trinajstić information content (AvgIpc) is 3.66. The highest BCUT2D eigenvalue weighted by atomic mass is 35.5. The second-order valence-corrected chi connectivity index (χ2v) is 15.0. The van der Waals surface area contributed by atoms with Crippen molar-refractivity contribution in [3.8, 4) is 62.2 Å². The van der Waals surface area contributed by atoms with Crippen molar-refractivity contribution in [3.05, 3.63) is 131 Å². The minimum absolute atomic E-state index is 0.0110. The molecule has 7 aromatic rings. The number of carbonyl (C=O) groups is 1. The number of thiophene rings is 1. The maximum absolute atomic E-state index is 14.2. The highest BCUT2D eigenvalue weighted by Crippen LogP contribution is 2.49. The number of benzene rings is 4. The van der Waals surface area contributed by atoms with Crippen molar-refractivity contribution >= 4 is 39.1 Å². The maximum atomic E-state index is 14.2. The van der Waals surface area contributed by atoms with Crippen molar-refractivity contribution < 1.29 is 38.0 Å². The van der Waals surface area contributed by atoms with E-state index in [1.54, 1.807) is 73.8 Å². The molecule has 4 aromatic carbocycles. The number of aromatic nitrogens is 4. The Bertz CT molecular complexity index is 2760. The second kappa shape index (κ2) is 17.7. The van der Waals surface area contributed by atoms with E-state index in [0.29, 0.717) is 83.0 Å². The van der Waals surface area contributed by atoms with Crippen LogP contribution in [0, 0.1) is 24.1 Å². The van der Waals surface area contributed by atoms with Crippen molar-refractivity contribution in [2.24, 2.45) is 0 Å². The average molecular weight is 844 g/mol. The summed E-state index contributed by atoms with van der Waals surface area (Å²) < 4.78 is 45.1. The van der Waals surface area contributed by atoms with Gasteiger partial charge in [0.2, 0.25) is 12.0 Å². The smallest absolute Gasteiger partial charge is 0.347 e. The first kappa shape index (κ1) is 40.1. The van der Waals surface area contributed by atoms with E-state index >= 15 is 0 Å². The van der Waals surface area contributed by atoms with Crippen LogP contribution in [0.2, 0.25) is 5.02 Å². The lowest BCUT2D eigenvalue weighted by Gasteiger charge is -2.21. The number of aliphatic hydroxyl groups is 1. The molecule has 4 bridgehead atoms. The number of ether oxygens (including phenoxy) is 5. The minimum atomic E-state index is -1.24. The monoisotopic (exact) mass is 843 g/mol. The normalized spacial score (nSPS) is 14.9. The molecular weight excluding hydrogens is 809 g/mol. The third-order valence-electron chi connectivity index (χ3n) is 9.73. The molecule has 0 fully saturated rings. The molecule has 2 aliphatic rings. The predicted molar refractivity (Wildman–Crippen MR) is 223 cm³/mol. The predicted octanol–water partition coefficient (Wildman–Crippen LogP) is 8.72. The van der Waals surface area contributed by atoms with Crippen LogP contribution in [0.5, 0.6) is 23.1 Å². The van der Waals surface area contributed by atoms with Gasteiger partial charge < -0.3 is 28.8 Å². The molecule has 60 heavy (non-hydrogen) atoms. The topological polar surface area (TPSA) is 159 Å². The summed E-state index contributed by atoms with van der Waals surface area (Å²) in [5.74, 6) is 0.567. The van der Waals surface area contributed by atoms with Gasteiger partial charge in [0.1, 0.15) is 47.4 Å². The number of hydrogen-bond donors (Lipinski definition) is 1. The summed E-state index contributed by atoms with van der Waals surface area (Å²) in [7, 11) is 0. The van der Waals surface area contributed by atoms with E-state index in [-0.39, 0.29) is 38.7 Å². The van der Waals surface area contributed by atoms with E-state index < -0.39 is 24.0 Å². The van der Waals surface area contributed by atoms with E-state index in [1.165, 1.54) is 29.8 Å². The van der Waals surface area contributed by atoms with E-state index in [1.807, 2.05) is 19.1 Å². The first-order valence-corrected chi connectivity index (χ1v) is 20.1. The van der Waals surface area contributed by atoms with Crippen molar-refractivity contribution in [1.82, 2.24) is 19.9 Å². The van der Waals surface area contributed by atoms with Crippen LogP contribution in [0.25, 0.3) is 43.2 Å². The van der Waals surface area contributed by atoms with Gasteiger partial charge in [0, 0.05) is 34.2 Å². The molecule has 0 saturated carbocycles. The van der Waals surface area contributed by atoms with Crippen LogP contribution < -0.4 is 18.9 Å². The zero-order valence-corrected chi connectivity index (χ0v) is 33.8. The van der Waals surface area contributed by atoms with Gasteiger partial charge in [-0.1, -0.05) is 41.9 Å². The summed E-state index contributed by atoms with van der Waals surface area (Å²) in [4.78, 5) is 33.4. The standard InChI is InChI=1S/C45H35ClFN5O7S/c1-3-55-45(54)37-19-28-18-31(12-14-35(28)57-22-30-16-17-49-42(52-30)34-7-5-4-6-27(34)20-48)56-23-32(21-53)58-36-15-13-33(25(2)40(36)46)38-39-43(59-37)50-24-51-44(39)60-41(38)26-8-10-29(47)11-9-26/h4-18,24,32,37,53H,3,19,21-23H2,1-2H3/t32-,37-/m1/s1. The Morgan fingerprint density at radius 2 is 1.87 bits per heavy atom. The van der Waals surface area contributed by atoms with Gasteiger partial charge in [0.15, 0.2) is 11.9 Å². The lowest BCUT2D eigenvalue weighted by atomic mass is 9.96. The summed E-state index contributed by atoms with van der Waals surface area (Å²) in [5.41, 5.74) is 4.80.